The highest BCUT2D eigenvalue weighted by Gasteiger charge is 2.07. The van der Waals surface area contributed by atoms with Crippen molar-refractivity contribution in [3.8, 4) is 11.3 Å². The van der Waals surface area contributed by atoms with E-state index in [0.717, 1.165) is 22.7 Å². The van der Waals surface area contributed by atoms with Gasteiger partial charge in [-0.1, -0.05) is 0 Å². The third-order valence-corrected chi connectivity index (χ3v) is 3.50. The molecule has 0 radical (unpaired) electrons. The molecule has 0 atom stereocenters. The molecule has 0 saturated heterocycles. The summed E-state index contributed by atoms with van der Waals surface area (Å²) in [6, 6.07) is 5.89. The lowest BCUT2D eigenvalue weighted by atomic mass is 10.3. The van der Waals surface area contributed by atoms with Crippen molar-refractivity contribution < 1.29 is 5.11 Å². The molecule has 2 N–H and O–H groups in total. The Hall–Kier alpha value is -1.92. The lowest BCUT2D eigenvalue weighted by Gasteiger charge is -2.05. The number of thiophene rings is 1. The summed E-state index contributed by atoms with van der Waals surface area (Å²) in [6.45, 7) is 0.887. The lowest BCUT2D eigenvalue weighted by Crippen LogP contribution is -2.07. The number of aliphatic hydroxyl groups excluding tert-OH is 1. The Morgan fingerprint density at radius 2 is 2.26 bits per heavy atom. The third-order valence-electron chi connectivity index (χ3n) is 2.82. The van der Waals surface area contributed by atoms with Gasteiger partial charge in [0.1, 0.15) is 5.82 Å². The van der Waals surface area contributed by atoms with Gasteiger partial charge in [-0.2, -0.15) is 11.3 Å². The van der Waals surface area contributed by atoms with Crippen molar-refractivity contribution in [1.29, 1.82) is 0 Å². The van der Waals surface area contributed by atoms with Gasteiger partial charge in [-0.15, -0.1) is 5.10 Å². The normalized spacial score (nSPS) is 11.0. The first kappa shape index (κ1) is 12.1. The molecule has 0 aliphatic heterocycles. The number of hydrogen-bond acceptors (Lipinski definition) is 5. The van der Waals surface area contributed by atoms with Gasteiger partial charge in [-0.05, 0) is 30.0 Å². The SMILES string of the molecule is OCCCNc1ccc2ncc(-c3ccsc3)n2n1. The van der Waals surface area contributed by atoms with Crippen molar-refractivity contribution in [3.05, 3.63) is 35.2 Å². The monoisotopic (exact) mass is 274 g/mol. The molecular formula is C13H14N4OS. The molecule has 0 fully saturated rings. The number of nitrogens with zero attached hydrogens (tertiary/aromatic N) is 3. The highest BCUT2D eigenvalue weighted by molar-refractivity contribution is 7.08. The summed E-state index contributed by atoms with van der Waals surface area (Å²) in [6.07, 6.45) is 2.54. The molecule has 3 aromatic heterocycles. The minimum Gasteiger partial charge on any atom is -0.396 e. The Bertz CT molecular complexity index is 662. The fourth-order valence-corrected chi connectivity index (χ4v) is 2.52. The first-order valence-corrected chi connectivity index (χ1v) is 7.05. The molecule has 0 bridgehead atoms. The number of nitrogens with one attached hydrogen (secondary N) is 1. The second kappa shape index (κ2) is 5.38. The van der Waals surface area contributed by atoms with Crippen LogP contribution in [-0.4, -0.2) is 32.9 Å². The molecule has 0 amide bonds. The van der Waals surface area contributed by atoms with Crippen LogP contribution in [0.3, 0.4) is 0 Å². The number of hydrogen-bond donors (Lipinski definition) is 2. The zero-order valence-electron chi connectivity index (χ0n) is 10.3. The number of fused-ring (bicyclic) bond motifs is 1. The molecule has 0 saturated carbocycles. The molecular weight excluding hydrogens is 260 g/mol. The standard InChI is InChI=1S/C13H14N4OS/c18-6-1-5-14-12-2-3-13-15-8-11(17(13)16-12)10-4-7-19-9-10/h2-4,7-9,18H,1,5-6H2,(H,14,16). The van der Waals surface area contributed by atoms with Crippen LogP contribution < -0.4 is 5.32 Å². The number of anilines is 1. The molecule has 6 heteroatoms. The van der Waals surface area contributed by atoms with E-state index in [9.17, 15) is 0 Å². The minimum atomic E-state index is 0.181. The van der Waals surface area contributed by atoms with Gasteiger partial charge in [0.25, 0.3) is 0 Å². The lowest BCUT2D eigenvalue weighted by molar-refractivity contribution is 0.292. The van der Waals surface area contributed by atoms with Crippen molar-refractivity contribution in [2.24, 2.45) is 0 Å². The summed E-state index contributed by atoms with van der Waals surface area (Å²) in [7, 11) is 0. The van der Waals surface area contributed by atoms with Crippen molar-refractivity contribution in [3.63, 3.8) is 0 Å². The van der Waals surface area contributed by atoms with E-state index < -0.39 is 0 Å². The van der Waals surface area contributed by atoms with Gasteiger partial charge in [0, 0.05) is 24.1 Å². The van der Waals surface area contributed by atoms with E-state index in [2.05, 4.69) is 26.8 Å². The first-order valence-electron chi connectivity index (χ1n) is 6.10. The van der Waals surface area contributed by atoms with Crippen LogP contribution in [0.25, 0.3) is 16.9 Å². The van der Waals surface area contributed by atoms with Crippen LogP contribution in [0, 0.1) is 0 Å². The summed E-state index contributed by atoms with van der Waals surface area (Å²) < 4.78 is 1.84. The van der Waals surface area contributed by atoms with Gasteiger partial charge >= 0.3 is 0 Å². The summed E-state index contributed by atoms with van der Waals surface area (Å²) in [4.78, 5) is 4.35. The van der Waals surface area contributed by atoms with E-state index in [-0.39, 0.29) is 6.61 Å². The fourth-order valence-electron chi connectivity index (χ4n) is 1.87. The fraction of sp³-hybridized carbons (Fsp3) is 0.231. The predicted molar refractivity (Wildman–Crippen MR) is 76.5 cm³/mol. The van der Waals surface area contributed by atoms with Crippen LogP contribution in [0.1, 0.15) is 6.42 Å². The van der Waals surface area contributed by atoms with Gasteiger partial charge < -0.3 is 10.4 Å². The number of imidazole rings is 1. The second-order valence-corrected chi connectivity index (χ2v) is 4.93. The zero-order chi connectivity index (χ0) is 13.1. The average molecular weight is 274 g/mol. The van der Waals surface area contributed by atoms with Gasteiger partial charge in [0.2, 0.25) is 0 Å². The molecule has 5 nitrogen and oxygen atoms in total. The molecule has 19 heavy (non-hydrogen) atoms. The van der Waals surface area contributed by atoms with E-state index in [4.69, 9.17) is 5.11 Å². The van der Waals surface area contributed by atoms with Crippen molar-refractivity contribution >= 4 is 22.8 Å². The van der Waals surface area contributed by atoms with Crippen molar-refractivity contribution in [1.82, 2.24) is 14.6 Å². The quantitative estimate of drug-likeness (QED) is 0.701. The van der Waals surface area contributed by atoms with Gasteiger partial charge in [0.05, 0.1) is 11.9 Å². The molecule has 0 aromatic carbocycles. The Morgan fingerprint density at radius 3 is 3.05 bits per heavy atom. The molecule has 0 unspecified atom stereocenters. The number of rotatable bonds is 5. The van der Waals surface area contributed by atoms with Crippen LogP contribution in [0.5, 0.6) is 0 Å². The Balaban J connectivity index is 1.94. The molecule has 3 heterocycles. The Labute approximate surface area is 114 Å². The molecule has 0 aliphatic rings. The summed E-state index contributed by atoms with van der Waals surface area (Å²) in [5, 5.41) is 20.6. The van der Waals surface area contributed by atoms with Crippen LogP contribution in [0.15, 0.2) is 35.2 Å². The van der Waals surface area contributed by atoms with E-state index in [1.165, 1.54) is 0 Å². The average Bonchev–Trinajstić information content (AvgIpc) is 3.07. The smallest absolute Gasteiger partial charge is 0.154 e. The highest BCUT2D eigenvalue weighted by atomic mass is 32.1. The summed E-state index contributed by atoms with van der Waals surface area (Å²) in [5.74, 6) is 0.787. The van der Waals surface area contributed by atoms with Crippen molar-refractivity contribution in [2.75, 3.05) is 18.5 Å². The van der Waals surface area contributed by atoms with Crippen LogP contribution >= 0.6 is 11.3 Å². The summed E-state index contributed by atoms with van der Waals surface area (Å²) >= 11 is 1.66. The van der Waals surface area contributed by atoms with Gasteiger partial charge in [-0.3, -0.25) is 0 Å². The van der Waals surface area contributed by atoms with Crippen LogP contribution in [0.4, 0.5) is 5.82 Å². The molecule has 3 aromatic rings. The van der Waals surface area contributed by atoms with Gasteiger partial charge in [-0.25, -0.2) is 9.50 Å². The maximum Gasteiger partial charge on any atom is 0.154 e. The third kappa shape index (κ3) is 2.45. The predicted octanol–water partition coefficient (Wildman–Crippen LogP) is 2.25. The Morgan fingerprint density at radius 1 is 1.32 bits per heavy atom. The highest BCUT2D eigenvalue weighted by Crippen LogP contribution is 2.22. The van der Waals surface area contributed by atoms with Gasteiger partial charge in [0.15, 0.2) is 5.65 Å². The molecule has 3 rings (SSSR count). The minimum absolute atomic E-state index is 0.181. The van der Waals surface area contributed by atoms with Crippen molar-refractivity contribution in [2.45, 2.75) is 6.42 Å². The maximum absolute atomic E-state index is 8.78. The molecule has 0 spiro atoms. The zero-order valence-corrected chi connectivity index (χ0v) is 11.1. The largest absolute Gasteiger partial charge is 0.396 e. The number of aliphatic hydroxyl groups is 1. The second-order valence-electron chi connectivity index (χ2n) is 4.15. The maximum atomic E-state index is 8.78. The topological polar surface area (TPSA) is 62.5 Å². The molecule has 98 valence electrons. The molecule has 0 aliphatic carbocycles. The Kier molecular flexibility index (Phi) is 3.43. The van der Waals surface area contributed by atoms with E-state index >= 15 is 0 Å². The van der Waals surface area contributed by atoms with E-state index in [0.29, 0.717) is 13.0 Å². The van der Waals surface area contributed by atoms with Crippen LogP contribution in [-0.2, 0) is 0 Å². The summed E-state index contributed by atoms with van der Waals surface area (Å²) in [5.41, 5.74) is 2.94. The number of aromatic nitrogens is 3. The van der Waals surface area contributed by atoms with Crippen LogP contribution in [0.2, 0.25) is 0 Å². The van der Waals surface area contributed by atoms with E-state index in [1.54, 1.807) is 11.3 Å². The van der Waals surface area contributed by atoms with E-state index in [1.807, 2.05) is 28.2 Å². The first-order chi connectivity index (χ1) is 9.38.